The van der Waals surface area contributed by atoms with E-state index in [0.717, 1.165) is 0 Å². The lowest BCUT2D eigenvalue weighted by atomic mass is 10.1. The molecule has 7 nitrogen and oxygen atoms in total. The number of ether oxygens (including phenoxy) is 1. The van der Waals surface area contributed by atoms with Crippen molar-refractivity contribution >= 4 is 0 Å². The first-order chi connectivity index (χ1) is 7.67. The Bertz CT molecular complexity index is 413. The molecule has 2 rings (SSSR count). The van der Waals surface area contributed by atoms with Crippen molar-refractivity contribution in [1.29, 1.82) is 5.26 Å². The molecule has 2 heterocycles. The fourth-order valence-electron chi connectivity index (χ4n) is 1.73. The lowest BCUT2D eigenvalue weighted by molar-refractivity contribution is -0.0451. The summed E-state index contributed by atoms with van der Waals surface area (Å²) in [6, 6.07) is 1.78. The summed E-state index contributed by atoms with van der Waals surface area (Å²) in [5.74, 6) is 0.00485. The Hall–Kier alpha value is -1.49. The highest BCUT2D eigenvalue weighted by atomic mass is 16.6. The van der Waals surface area contributed by atoms with Crippen LogP contribution in [0.3, 0.4) is 0 Å². The topological polar surface area (TPSA) is 104 Å². The van der Waals surface area contributed by atoms with Crippen LogP contribution in [-0.2, 0) is 4.74 Å². The van der Waals surface area contributed by atoms with Gasteiger partial charge in [-0.05, 0) is 6.42 Å². The van der Waals surface area contributed by atoms with Crippen LogP contribution in [0.1, 0.15) is 25.4 Å². The highest BCUT2D eigenvalue weighted by molar-refractivity contribution is 5.06. The first kappa shape index (κ1) is 11.0. The van der Waals surface area contributed by atoms with Crippen molar-refractivity contribution in [2.24, 2.45) is 0 Å². The van der Waals surface area contributed by atoms with Gasteiger partial charge in [0.05, 0.1) is 6.10 Å². The lowest BCUT2D eigenvalue weighted by Gasteiger charge is -2.13. The average molecular weight is 224 g/mol. The zero-order valence-corrected chi connectivity index (χ0v) is 8.69. The normalized spacial score (nSPS) is 33.9. The van der Waals surface area contributed by atoms with E-state index in [4.69, 9.17) is 10.00 Å². The number of aliphatic hydroxyl groups is 2. The predicted molar refractivity (Wildman–Crippen MR) is 51.0 cm³/mol. The van der Waals surface area contributed by atoms with Crippen LogP contribution in [0.5, 0.6) is 0 Å². The smallest absolute Gasteiger partial charge is 0.252 e. The second-order valence-corrected chi connectivity index (χ2v) is 3.61. The molecular formula is C9H12N4O3. The Morgan fingerprint density at radius 1 is 1.56 bits per heavy atom. The summed E-state index contributed by atoms with van der Waals surface area (Å²) in [4.78, 5) is 3.71. The van der Waals surface area contributed by atoms with Gasteiger partial charge in [-0.1, -0.05) is 6.92 Å². The quantitative estimate of drug-likeness (QED) is 0.680. The van der Waals surface area contributed by atoms with Gasteiger partial charge in [0.25, 0.3) is 5.82 Å². The third-order valence-electron chi connectivity index (χ3n) is 2.61. The van der Waals surface area contributed by atoms with Gasteiger partial charge in [0.1, 0.15) is 24.6 Å². The summed E-state index contributed by atoms with van der Waals surface area (Å²) >= 11 is 0. The fourth-order valence-corrected chi connectivity index (χ4v) is 1.73. The third-order valence-corrected chi connectivity index (χ3v) is 2.61. The van der Waals surface area contributed by atoms with Crippen LogP contribution in [0.15, 0.2) is 6.33 Å². The van der Waals surface area contributed by atoms with Crippen LogP contribution in [-0.4, -0.2) is 43.3 Å². The molecule has 2 N–H and O–H groups in total. The number of aromatic nitrogens is 3. The summed E-state index contributed by atoms with van der Waals surface area (Å²) in [7, 11) is 0. The Morgan fingerprint density at radius 2 is 2.31 bits per heavy atom. The molecule has 7 heteroatoms. The molecule has 0 saturated carbocycles. The van der Waals surface area contributed by atoms with Crippen molar-refractivity contribution in [3.63, 3.8) is 0 Å². The van der Waals surface area contributed by atoms with E-state index in [2.05, 4.69) is 10.1 Å². The minimum Gasteiger partial charge on any atom is -0.388 e. The minimum absolute atomic E-state index is 0.00485. The van der Waals surface area contributed by atoms with Gasteiger partial charge in [0.2, 0.25) is 0 Å². The Kier molecular flexibility index (Phi) is 2.87. The predicted octanol–water partition coefficient (Wildman–Crippen LogP) is -0.821. The zero-order valence-electron chi connectivity index (χ0n) is 8.69. The highest BCUT2D eigenvalue weighted by Gasteiger charge is 2.43. The van der Waals surface area contributed by atoms with E-state index in [1.54, 1.807) is 6.07 Å². The monoisotopic (exact) mass is 224 g/mol. The summed E-state index contributed by atoms with van der Waals surface area (Å²) in [5.41, 5.74) is 0. The van der Waals surface area contributed by atoms with Crippen molar-refractivity contribution in [1.82, 2.24) is 14.8 Å². The Morgan fingerprint density at radius 3 is 2.81 bits per heavy atom. The van der Waals surface area contributed by atoms with E-state index in [0.29, 0.717) is 6.42 Å². The molecule has 1 saturated heterocycles. The number of nitriles is 1. The average Bonchev–Trinajstić information content (AvgIpc) is 2.86. The number of rotatable bonds is 2. The molecule has 1 fully saturated rings. The van der Waals surface area contributed by atoms with Gasteiger partial charge < -0.3 is 14.9 Å². The molecule has 0 aliphatic carbocycles. The molecule has 4 atom stereocenters. The highest BCUT2D eigenvalue weighted by Crippen LogP contribution is 2.29. The molecule has 0 amide bonds. The van der Waals surface area contributed by atoms with Crippen molar-refractivity contribution in [3.8, 4) is 6.07 Å². The molecule has 1 aliphatic rings. The van der Waals surface area contributed by atoms with Crippen LogP contribution >= 0.6 is 0 Å². The fraction of sp³-hybridized carbons (Fsp3) is 0.667. The second kappa shape index (κ2) is 4.17. The van der Waals surface area contributed by atoms with Crippen LogP contribution in [0.25, 0.3) is 0 Å². The summed E-state index contributed by atoms with van der Waals surface area (Å²) in [6.45, 7) is 1.85. The molecule has 1 aromatic rings. The van der Waals surface area contributed by atoms with Crippen LogP contribution in [0.2, 0.25) is 0 Å². The van der Waals surface area contributed by atoms with Crippen molar-refractivity contribution in [2.75, 3.05) is 0 Å². The van der Waals surface area contributed by atoms with E-state index in [9.17, 15) is 10.2 Å². The van der Waals surface area contributed by atoms with Gasteiger partial charge in [0, 0.05) is 0 Å². The van der Waals surface area contributed by atoms with E-state index in [1.165, 1.54) is 11.0 Å². The standard InChI is InChI=1S/C9H12N4O3/c1-2-5-7(14)8(15)9(16-5)13-4-11-6(3-10)12-13/h4-5,7-9,14-15H,2H2,1H3/t5-,7-,8-,9-/m1/s1. The van der Waals surface area contributed by atoms with Crippen molar-refractivity contribution in [3.05, 3.63) is 12.2 Å². The Labute approximate surface area is 91.9 Å². The van der Waals surface area contributed by atoms with Gasteiger partial charge >= 0.3 is 0 Å². The third kappa shape index (κ3) is 1.67. The molecule has 1 aromatic heterocycles. The summed E-state index contributed by atoms with van der Waals surface area (Å²) in [6.07, 6.45) is -1.31. The molecule has 16 heavy (non-hydrogen) atoms. The first-order valence-electron chi connectivity index (χ1n) is 5.00. The molecular weight excluding hydrogens is 212 g/mol. The molecule has 0 radical (unpaired) electrons. The van der Waals surface area contributed by atoms with E-state index in [-0.39, 0.29) is 5.82 Å². The van der Waals surface area contributed by atoms with Crippen molar-refractivity contribution in [2.45, 2.75) is 37.9 Å². The van der Waals surface area contributed by atoms with E-state index < -0.39 is 24.5 Å². The summed E-state index contributed by atoms with van der Waals surface area (Å²) in [5, 5.41) is 31.8. The van der Waals surface area contributed by atoms with Crippen LogP contribution in [0.4, 0.5) is 0 Å². The molecule has 0 unspecified atom stereocenters. The maximum Gasteiger partial charge on any atom is 0.252 e. The van der Waals surface area contributed by atoms with Crippen LogP contribution < -0.4 is 0 Å². The number of aliphatic hydroxyl groups excluding tert-OH is 2. The number of nitrogens with zero attached hydrogens (tertiary/aromatic N) is 4. The molecule has 0 aromatic carbocycles. The maximum atomic E-state index is 9.75. The molecule has 1 aliphatic heterocycles. The lowest BCUT2D eigenvalue weighted by Crippen LogP contribution is -2.31. The number of hydrogen-bond donors (Lipinski definition) is 2. The number of hydrogen-bond acceptors (Lipinski definition) is 6. The van der Waals surface area contributed by atoms with Crippen molar-refractivity contribution < 1.29 is 14.9 Å². The van der Waals surface area contributed by atoms with E-state index in [1.807, 2.05) is 6.92 Å². The molecule has 0 bridgehead atoms. The SMILES string of the molecule is CC[C@H]1O[C@@H](n2cnc(C#N)n2)[C@H](O)[C@@H]1O. The van der Waals surface area contributed by atoms with Gasteiger partial charge in [-0.15, -0.1) is 5.10 Å². The van der Waals surface area contributed by atoms with Gasteiger partial charge in [-0.3, -0.25) is 0 Å². The first-order valence-corrected chi connectivity index (χ1v) is 5.00. The Balaban J connectivity index is 2.20. The largest absolute Gasteiger partial charge is 0.388 e. The molecule has 0 spiro atoms. The van der Waals surface area contributed by atoms with Gasteiger partial charge in [-0.2, -0.15) is 5.26 Å². The van der Waals surface area contributed by atoms with Crippen LogP contribution in [0, 0.1) is 11.3 Å². The zero-order chi connectivity index (χ0) is 11.7. The van der Waals surface area contributed by atoms with Gasteiger partial charge in [-0.25, -0.2) is 9.67 Å². The maximum absolute atomic E-state index is 9.75. The van der Waals surface area contributed by atoms with Gasteiger partial charge in [0.15, 0.2) is 6.23 Å². The second-order valence-electron chi connectivity index (χ2n) is 3.61. The molecule has 86 valence electrons. The minimum atomic E-state index is -1.06. The summed E-state index contributed by atoms with van der Waals surface area (Å²) < 4.78 is 6.68. The van der Waals surface area contributed by atoms with E-state index >= 15 is 0 Å².